The van der Waals surface area contributed by atoms with Crippen LogP contribution in [0.4, 0.5) is 14.5 Å². The van der Waals surface area contributed by atoms with E-state index in [0.717, 1.165) is 17.7 Å². The van der Waals surface area contributed by atoms with E-state index >= 15 is 0 Å². The van der Waals surface area contributed by atoms with Crippen molar-refractivity contribution in [1.82, 2.24) is 0 Å². The van der Waals surface area contributed by atoms with E-state index in [0.29, 0.717) is 11.3 Å². The van der Waals surface area contributed by atoms with Gasteiger partial charge >= 0.3 is 0 Å². The summed E-state index contributed by atoms with van der Waals surface area (Å²) in [6.45, 7) is 1.90. The molecule has 1 atom stereocenters. The molecule has 2 N–H and O–H groups in total. The molecule has 0 radical (unpaired) electrons. The quantitative estimate of drug-likeness (QED) is 0.907. The topological polar surface area (TPSA) is 56.0 Å². The predicted octanol–water partition coefficient (Wildman–Crippen LogP) is 3.29. The summed E-state index contributed by atoms with van der Waals surface area (Å²) in [5, 5.41) is 22.0. The Hall–Kier alpha value is -2.45. The number of nitriles is 1. The molecule has 21 heavy (non-hydrogen) atoms. The molecule has 0 saturated heterocycles. The number of rotatable bonds is 4. The molecular weight excluding hydrogens is 274 g/mol. The Kier molecular flexibility index (Phi) is 4.51. The van der Waals surface area contributed by atoms with Crippen LogP contribution < -0.4 is 5.32 Å². The van der Waals surface area contributed by atoms with Gasteiger partial charge in [-0.2, -0.15) is 5.26 Å². The van der Waals surface area contributed by atoms with E-state index in [1.165, 1.54) is 6.07 Å². The number of aryl methyl sites for hydroxylation is 1. The lowest BCUT2D eigenvalue weighted by Crippen LogP contribution is -2.13. The first-order valence-corrected chi connectivity index (χ1v) is 6.39. The molecule has 0 fully saturated rings. The average molecular weight is 288 g/mol. The third-order valence-corrected chi connectivity index (χ3v) is 3.20. The van der Waals surface area contributed by atoms with Crippen molar-refractivity contribution >= 4 is 5.69 Å². The van der Waals surface area contributed by atoms with Gasteiger partial charge in [0.2, 0.25) is 0 Å². The lowest BCUT2D eigenvalue weighted by molar-refractivity contribution is 0.191. The summed E-state index contributed by atoms with van der Waals surface area (Å²) in [5.41, 5.74) is 2.19. The van der Waals surface area contributed by atoms with Gasteiger partial charge in [0, 0.05) is 6.54 Å². The smallest absolute Gasteiger partial charge is 0.159 e. The van der Waals surface area contributed by atoms with E-state index in [9.17, 15) is 13.9 Å². The van der Waals surface area contributed by atoms with Gasteiger partial charge in [-0.3, -0.25) is 0 Å². The largest absolute Gasteiger partial charge is 0.387 e. The molecule has 0 aromatic heterocycles. The van der Waals surface area contributed by atoms with Crippen molar-refractivity contribution in [3.63, 3.8) is 0 Å². The number of hydrogen-bond donors (Lipinski definition) is 2. The van der Waals surface area contributed by atoms with Crippen molar-refractivity contribution < 1.29 is 13.9 Å². The number of aliphatic hydroxyl groups excluding tert-OH is 1. The molecule has 2 aromatic carbocycles. The zero-order chi connectivity index (χ0) is 15.4. The van der Waals surface area contributed by atoms with Gasteiger partial charge in [0.05, 0.1) is 17.4 Å². The van der Waals surface area contributed by atoms with Crippen LogP contribution in [0.2, 0.25) is 0 Å². The highest BCUT2D eigenvalue weighted by atomic mass is 19.2. The number of halogens is 2. The summed E-state index contributed by atoms with van der Waals surface area (Å²) in [4.78, 5) is 0. The molecule has 0 spiro atoms. The Bertz CT molecular complexity index is 695. The molecule has 0 saturated carbocycles. The van der Waals surface area contributed by atoms with E-state index in [2.05, 4.69) is 11.4 Å². The Morgan fingerprint density at radius 1 is 1.24 bits per heavy atom. The lowest BCUT2D eigenvalue weighted by atomic mass is 10.1. The number of anilines is 1. The van der Waals surface area contributed by atoms with Crippen LogP contribution in [0, 0.1) is 29.9 Å². The predicted molar refractivity (Wildman–Crippen MR) is 75.7 cm³/mol. The van der Waals surface area contributed by atoms with Gasteiger partial charge in [-0.25, -0.2) is 8.78 Å². The van der Waals surface area contributed by atoms with Crippen molar-refractivity contribution in [2.75, 3.05) is 11.9 Å². The Morgan fingerprint density at radius 3 is 2.67 bits per heavy atom. The molecule has 0 amide bonds. The molecule has 0 aliphatic rings. The minimum Gasteiger partial charge on any atom is -0.387 e. The first-order valence-electron chi connectivity index (χ1n) is 6.39. The fraction of sp³-hybridized carbons (Fsp3) is 0.188. The minimum atomic E-state index is -1.01. The van der Waals surface area contributed by atoms with E-state index in [1.54, 1.807) is 12.1 Å². The van der Waals surface area contributed by atoms with Gasteiger partial charge in [-0.15, -0.1) is 0 Å². The highest BCUT2D eigenvalue weighted by Gasteiger charge is 2.12. The maximum atomic E-state index is 13.1. The Balaban J connectivity index is 2.11. The molecular formula is C16H14F2N2O. The van der Waals surface area contributed by atoms with Gasteiger partial charge in [-0.05, 0) is 36.2 Å². The number of aliphatic hydroxyl groups is 1. The van der Waals surface area contributed by atoms with Crippen LogP contribution in [0.15, 0.2) is 36.4 Å². The maximum Gasteiger partial charge on any atom is 0.159 e. The van der Waals surface area contributed by atoms with E-state index < -0.39 is 17.7 Å². The highest BCUT2D eigenvalue weighted by molar-refractivity contribution is 5.60. The van der Waals surface area contributed by atoms with Gasteiger partial charge in [-0.1, -0.05) is 18.2 Å². The Labute approximate surface area is 121 Å². The summed E-state index contributed by atoms with van der Waals surface area (Å²) in [5.74, 6) is -1.95. The molecule has 0 heterocycles. The molecule has 108 valence electrons. The molecule has 0 bridgehead atoms. The van der Waals surface area contributed by atoms with Crippen molar-refractivity contribution in [1.29, 1.82) is 5.26 Å². The summed E-state index contributed by atoms with van der Waals surface area (Å²) >= 11 is 0. The van der Waals surface area contributed by atoms with Crippen LogP contribution in [0.1, 0.15) is 22.8 Å². The van der Waals surface area contributed by atoms with Crippen LogP contribution in [-0.4, -0.2) is 11.7 Å². The number of nitrogens with one attached hydrogen (secondary N) is 1. The first-order chi connectivity index (χ1) is 10.0. The molecule has 0 aliphatic carbocycles. The molecule has 0 aliphatic heterocycles. The van der Waals surface area contributed by atoms with Crippen LogP contribution in [-0.2, 0) is 0 Å². The Morgan fingerprint density at radius 2 is 2.00 bits per heavy atom. The second-order valence-electron chi connectivity index (χ2n) is 4.68. The van der Waals surface area contributed by atoms with Crippen LogP contribution in [0.25, 0.3) is 0 Å². The molecule has 1 unspecified atom stereocenters. The van der Waals surface area contributed by atoms with Crippen molar-refractivity contribution in [3.8, 4) is 6.07 Å². The molecule has 2 aromatic rings. The van der Waals surface area contributed by atoms with Crippen molar-refractivity contribution in [2.24, 2.45) is 0 Å². The molecule has 5 heteroatoms. The molecule has 2 rings (SSSR count). The average Bonchev–Trinajstić information content (AvgIpc) is 2.47. The van der Waals surface area contributed by atoms with Gasteiger partial charge in [0.1, 0.15) is 6.07 Å². The van der Waals surface area contributed by atoms with Crippen molar-refractivity contribution in [3.05, 3.63) is 64.7 Å². The van der Waals surface area contributed by atoms with Crippen LogP contribution >= 0.6 is 0 Å². The number of benzene rings is 2. The summed E-state index contributed by atoms with van der Waals surface area (Å²) in [6, 6.07) is 10.7. The van der Waals surface area contributed by atoms with Gasteiger partial charge in [0.25, 0.3) is 0 Å². The van der Waals surface area contributed by atoms with E-state index in [1.807, 2.05) is 13.0 Å². The van der Waals surface area contributed by atoms with Crippen LogP contribution in [0.5, 0.6) is 0 Å². The summed E-state index contributed by atoms with van der Waals surface area (Å²) in [6.07, 6.45) is -1.01. The fourth-order valence-electron chi connectivity index (χ4n) is 2.01. The van der Waals surface area contributed by atoms with Gasteiger partial charge < -0.3 is 10.4 Å². The second kappa shape index (κ2) is 6.33. The van der Waals surface area contributed by atoms with E-state index in [-0.39, 0.29) is 12.1 Å². The van der Waals surface area contributed by atoms with Crippen LogP contribution in [0.3, 0.4) is 0 Å². The maximum absolute atomic E-state index is 13.1. The standard InChI is InChI=1S/C16H14F2N2O/c1-10-3-2-4-15(12(10)8-19)20-9-16(21)11-5-6-13(17)14(18)7-11/h2-7,16,20-21H,9H2,1H3. The summed E-state index contributed by atoms with van der Waals surface area (Å²) in [7, 11) is 0. The zero-order valence-electron chi connectivity index (χ0n) is 11.4. The lowest BCUT2D eigenvalue weighted by Gasteiger charge is -2.15. The SMILES string of the molecule is Cc1cccc(NCC(O)c2ccc(F)c(F)c2)c1C#N. The number of nitrogens with zero attached hydrogens (tertiary/aromatic N) is 1. The fourth-order valence-corrected chi connectivity index (χ4v) is 2.01. The second-order valence-corrected chi connectivity index (χ2v) is 4.68. The number of hydrogen-bond acceptors (Lipinski definition) is 3. The third kappa shape index (κ3) is 3.36. The molecule has 3 nitrogen and oxygen atoms in total. The normalized spacial score (nSPS) is 11.8. The van der Waals surface area contributed by atoms with E-state index in [4.69, 9.17) is 5.26 Å². The first kappa shape index (κ1) is 14.9. The highest BCUT2D eigenvalue weighted by Crippen LogP contribution is 2.21. The minimum absolute atomic E-state index is 0.0865. The van der Waals surface area contributed by atoms with Gasteiger partial charge in [0.15, 0.2) is 11.6 Å². The zero-order valence-corrected chi connectivity index (χ0v) is 11.4. The van der Waals surface area contributed by atoms with Crippen molar-refractivity contribution in [2.45, 2.75) is 13.0 Å². The third-order valence-electron chi connectivity index (χ3n) is 3.20. The monoisotopic (exact) mass is 288 g/mol. The summed E-state index contributed by atoms with van der Waals surface area (Å²) < 4.78 is 26.0.